The number of hydrogen-bond acceptors (Lipinski definition) is 3. The molecular weight excluding hydrogens is 348 g/mol. The zero-order chi connectivity index (χ0) is 19.3. The third-order valence-corrected chi connectivity index (χ3v) is 10.2. The molecule has 6 aliphatic rings. The summed E-state index contributed by atoms with van der Waals surface area (Å²) in [7, 11) is 0. The van der Waals surface area contributed by atoms with Crippen molar-refractivity contribution in [1.29, 1.82) is 0 Å². The lowest BCUT2D eigenvalue weighted by Crippen LogP contribution is -2.57. The van der Waals surface area contributed by atoms with Gasteiger partial charge in [0.05, 0.1) is 0 Å². The average molecular weight is 381 g/mol. The highest BCUT2D eigenvalue weighted by atomic mass is 16.6. The van der Waals surface area contributed by atoms with Crippen LogP contribution in [-0.2, 0) is 14.3 Å². The molecule has 5 fully saturated rings. The topological polar surface area (TPSA) is 43.4 Å². The number of carbonyl (C=O) groups is 2. The zero-order valence-corrected chi connectivity index (χ0v) is 17.0. The normalized spacial score (nSPS) is 53.6. The molecule has 3 nitrogen and oxygen atoms in total. The molecule has 1 aliphatic heterocycles. The van der Waals surface area contributed by atoms with Crippen molar-refractivity contribution < 1.29 is 14.3 Å². The molecule has 0 amide bonds. The van der Waals surface area contributed by atoms with Crippen LogP contribution >= 0.6 is 0 Å². The number of fused-ring (bicyclic) bond motifs is 9. The Morgan fingerprint density at radius 3 is 2.79 bits per heavy atom. The fourth-order valence-electron chi connectivity index (χ4n) is 9.31. The third-order valence-electron chi connectivity index (χ3n) is 10.2. The minimum atomic E-state index is -0.163. The number of rotatable bonds is 2. The van der Waals surface area contributed by atoms with Crippen molar-refractivity contribution in [1.82, 2.24) is 0 Å². The van der Waals surface area contributed by atoms with Crippen molar-refractivity contribution in [2.75, 3.05) is 0 Å². The van der Waals surface area contributed by atoms with Gasteiger partial charge >= 0.3 is 5.97 Å². The summed E-state index contributed by atoms with van der Waals surface area (Å²) in [5, 5.41) is 0. The van der Waals surface area contributed by atoms with E-state index in [1.165, 1.54) is 24.8 Å². The number of allylic oxidation sites excluding steroid dienone is 2. The Morgan fingerprint density at radius 2 is 2.07 bits per heavy atom. The molecule has 0 bridgehead atoms. The predicted octanol–water partition coefficient (Wildman–Crippen LogP) is 4.86. The molecule has 28 heavy (non-hydrogen) atoms. The van der Waals surface area contributed by atoms with Crippen LogP contribution in [0.4, 0.5) is 0 Å². The highest BCUT2D eigenvalue weighted by Crippen LogP contribution is 2.79. The van der Waals surface area contributed by atoms with E-state index in [1.807, 2.05) is 6.08 Å². The molecule has 150 valence electrons. The van der Waals surface area contributed by atoms with E-state index in [2.05, 4.69) is 19.6 Å². The second kappa shape index (κ2) is 5.61. The Kier molecular flexibility index (Phi) is 3.50. The maximum atomic E-state index is 12.2. The third kappa shape index (κ3) is 1.92. The van der Waals surface area contributed by atoms with Crippen LogP contribution < -0.4 is 0 Å². The van der Waals surface area contributed by atoms with Crippen molar-refractivity contribution in [3.63, 3.8) is 0 Å². The highest BCUT2D eigenvalue weighted by Gasteiger charge is 2.79. The molecular formula is C25H32O3. The molecule has 6 rings (SSSR count). The molecule has 5 unspecified atom stereocenters. The summed E-state index contributed by atoms with van der Waals surface area (Å²) in [6.07, 6.45) is 13.4. The second-order valence-corrected chi connectivity index (χ2v) is 10.6. The first-order valence-corrected chi connectivity index (χ1v) is 11.6. The van der Waals surface area contributed by atoms with Gasteiger partial charge in [0.15, 0.2) is 5.78 Å². The lowest BCUT2D eigenvalue weighted by molar-refractivity contribution is -0.181. The van der Waals surface area contributed by atoms with Crippen molar-refractivity contribution in [3.05, 3.63) is 24.3 Å². The van der Waals surface area contributed by atoms with Gasteiger partial charge in [-0.3, -0.25) is 9.59 Å². The average Bonchev–Trinajstić information content (AvgIpc) is 3.34. The van der Waals surface area contributed by atoms with Gasteiger partial charge in [0.1, 0.15) is 5.60 Å². The standard InChI is InChI=1S/C25H32O3/c1-3-14-11-15-12-16(26)5-6-17(15)18-7-9-24(4-2)23(22(14)18)19-13-20(19)25(24)10-8-21(27)28-25/h3,12,14,17-20,22-23H,1,4-11,13H2,2H3/t14-,17?,18?,19-,20+,22?,23?,24?,25-/m0/s1. The lowest BCUT2D eigenvalue weighted by atomic mass is 9.45. The minimum absolute atomic E-state index is 0.0428. The zero-order valence-electron chi connectivity index (χ0n) is 17.0. The fraction of sp³-hybridized carbons (Fsp3) is 0.760. The van der Waals surface area contributed by atoms with E-state index < -0.39 is 0 Å². The summed E-state index contributed by atoms with van der Waals surface area (Å²) < 4.78 is 6.28. The van der Waals surface area contributed by atoms with Crippen LogP contribution in [0.1, 0.15) is 64.7 Å². The Morgan fingerprint density at radius 1 is 1.21 bits per heavy atom. The molecule has 0 aromatic carbocycles. The predicted molar refractivity (Wildman–Crippen MR) is 106 cm³/mol. The first kappa shape index (κ1) is 17.5. The first-order chi connectivity index (χ1) is 13.5. The molecule has 3 heteroatoms. The van der Waals surface area contributed by atoms with Crippen LogP contribution in [0, 0.1) is 46.8 Å². The number of esters is 1. The van der Waals surface area contributed by atoms with Crippen LogP contribution in [0.25, 0.3) is 0 Å². The maximum Gasteiger partial charge on any atom is 0.306 e. The summed E-state index contributed by atoms with van der Waals surface area (Å²) in [5.74, 6) is 4.83. The maximum absolute atomic E-state index is 12.2. The van der Waals surface area contributed by atoms with Gasteiger partial charge in [-0.25, -0.2) is 0 Å². The van der Waals surface area contributed by atoms with Crippen molar-refractivity contribution in [2.24, 2.45) is 46.8 Å². The van der Waals surface area contributed by atoms with Crippen LogP contribution in [0.3, 0.4) is 0 Å². The van der Waals surface area contributed by atoms with E-state index in [0.29, 0.717) is 47.7 Å². The van der Waals surface area contributed by atoms with E-state index in [9.17, 15) is 9.59 Å². The fourth-order valence-corrected chi connectivity index (χ4v) is 9.31. The Hall–Kier alpha value is -1.38. The van der Waals surface area contributed by atoms with Gasteiger partial charge in [0.25, 0.3) is 0 Å². The van der Waals surface area contributed by atoms with Crippen molar-refractivity contribution in [3.8, 4) is 0 Å². The highest BCUT2D eigenvalue weighted by molar-refractivity contribution is 5.91. The van der Waals surface area contributed by atoms with E-state index in [-0.39, 0.29) is 17.0 Å². The molecule has 9 atom stereocenters. The van der Waals surface area contributed by atoms with Crippen LogP contribution in [0.5, 0.6) is 0 Å². The molecule has 0 aromatic rings. The van der Waals surface area contributed by atoms with Gasteiger partial charge in [-0.2, -0.15) is 0 Å². The largest absolute Gasteiger partial charge is 0.458 e. The number of ether oxygens (including phenoxy) is 1. The van der Waals surface area contributed by atoms with Gasteiger partial charge in [0.2, 0.25) is 0 Å². The molecule has 0 N–H and O–H groups in total. The van der Waals surface area contributed by atoms with E-state index in [1.54, 1.807) is 0 Å². The molecule has 1 heterocycles. The molecule has 1 spiro atoms. The molecule has 1 saturated heterocycles. The summed E-state index contributed by atoms with van der Waals surface area (Å²) in [5.41, 5.74) is 1.43. The van der Waals surface area contributed by atoms with Crippen LogP contribution in [0.15, 0.2) is 24.3 Å². The number of hydrogen-bond donors (Lipinski definition) is 0. The van der Waals surface area contributed by atoms with E-state index >= 15 is 0 Å². The van der Waals surface area contributed by atoms with Gasteiger partial charge in [0, 0.05) is 24.2 Å². The summed E-state index contributed by atoms with van der Waals surface area (Å²) in [4.78, 5) is 24.3. The molecule has 4 saturated carbocycles. The van der Waals surface area contributed by atoms with Crippen LogP contribution in [-0.4, -0.2) is 17.4 Å². The Labute approximate surface area is 168 Å². The smallest absolute Gasteiger partial charge is 0.306 e. The Balaban J connectivity index is 1.44. The summed E-state index contributed by atoms with van der Waals surface area (Å²) in [6.45, 7) is 6.59. The quantitative estimate of drug-likeness (QED) is 0.507. The monoisotopic (exact) mass is 380 g/mol. The SMILES string of the molecule is C=C[C@H]1CC2=CC(=O)CCC2C2CCC3(CC)C(C21)[C@H]1C[C@H]1[C@@]31CCC(=O)O1. The van der Waals surface area contributed by atoms with E-state index in [0.717, 1.165) is 38.0 Å². The summed E-state index contributed by atoms with van der Waals surface area (Å²) >= 11 is 0. The summed E-state index contributed by atoms with van der Waals surface area (Å²) in [6, 6.07) is 0. The van der Waals surface area contributed by atoms with Crippen molar-refractivity contribution >= 4 is 11.8 Å². The molecule has 0 radical (unpaired) electrons. The van der Waals surface area contributed by atoms with Crippen molar-refractivity contribution in [2.45, 2.75) is 70.3 Å². The second-order valence-electron chi connectivity index (χ2n) is 10.6. The lowest BCUT2D eigenvalue weighted by Gasteiger charge is -2.60. The number of carbonyl (C=O) groups excluding carboxylic acids is 2. The minimum Gasteiger partial charge on any atom is -0.458 e. The molecule has 0 aromatic heterocycles. The van der Waals surface area contributed by atoms with E-state index in [4.69, 9.17) is 4.74 Å². The first-order valence-electron chi connectivity index (χ1n) is 11.6. The number of ketones is 1. The van der Waals surface area contributed by atoms with Crippen LogP contribution in [0.2, 0.25) is 0 Å². The van der Waals surface area contributed by atoms with Gasteiger partial charge in [-0.15, -0.1) is 6.58 Å². The van der Waals surface area contributed by atoms with Gasteiger partial charge in [-0.1, -0.05) is 18.6 Å². The molecule has 5 aliphatic carbocycles. The van der Waals surface area contributed by atoms with Gasteiger partial charge < -0.3 is 4.74 Å². The van der Waals surface area contributed by atoms with Gasteiger partial charge in [-0.05, 0) is 86.5 Å². The Bertz CT molecular complexity index is 796.